The summed E-state index contributed by atoms with van der Waals surface area (Å²) < 4.78 is 10.3. The van der Waals surface area contributed by atoms with Crippen molar-refractivity contribution in [3.8, 4) is 11.1 Å². The molecule has 2 aromatic rings. The third kappa shape index (κ3) is 2.36. The molecule has 6 nitrogen and oxygen atoms in total. The molecule has 0 aliphatic heterocycles. The Hall–Kier alpha value is -2.70. The lowest BCUT2D eigenvalue weighted by Gasteiger charge is -2.28. The fraction of sp³-hybridized carbons (Fsp3) is 0.0556. The van der Waals surface area contributed by atoms with Crippen molar-refractivity contribution in [3.63, 3.8) is 0 Å². The van der Waals surface area contributed by atoms with Gasteiger partial charge in [0.25, 0.3) is 11.9 Å². The lowest BCUT2D eigenvalue weighted by Crippen LogP contribution is -2.28. The van der Waals surface area contributed by atoms with Crippen molar-refractivity contribution in [2.24, 2.45) is 4.99 Å². The Morgan fingerprint density at radius 3 is 2.46 bits per heavy atom. The van der Waals surface area contributed by atoms with E-state index in [-0.39, 0.29) is 5.56 Å². The number of hydrogen-bond donors (Lipinski definition) is 0. The van der Waals surface area contributed by atoms with Crippen molar-refractivity contribution in [1.29, 1.82) is 0 Å². The first-order chi connectivity index (χ1) is 11.5. The molecule has 0 aromatic heterocycles. The van der Waals surface area contributed by atoms with Crippen LogP contribution in [0.1, 0.15) is 21.5 Å². The van der Waals surface area contributed by atoms with Crippen LogP contribution in [0.3, 0.4) is 0 Å². The van der Waals surface area contributed by atoms with Crippen molar-refractivity contribution in [2.45, 2.75) is 5.60 Å². The Balaban J connectivity index is 2.21. The fourth-order valence-electron chi connectivity index (χ4n) is 2.93. The quantitative estimate of drug-likeness (QED) is 0.639. The zero-order valence-electron chi connectivity index (χ0n) is 12.5. The molecule has 24 heavy (non-hydrogen) atoms. The minimum absolute atomic E-state index is 0.148. The van der Waals surface area contributed by atoms with Crippen LogP contribution in [0.15, 0.2) is 47.5 Å². The summed E-state index contributed by atoms with van der Waals surface area (Å²) in [5.74, 6) is -2.11. The molecule has 1 atom stereocenters. The molecule has 0 fully saturated rings. The van der Waals surface area contributed by atoms with Crippen LogP contribution in [-0.4, -0.2) is 11.9 Å². The van der Waals surface area contributed by atoms with E-state index < -0.39 is 17.5 Å². The normalized spacial score (nSPS) is 17.9. The number of aliphatic imine (C=N–C) groups is 1. The fourth-order valence-corrected chi connectivity index (χ4v) is 2.93. The van der Waals surface area contributed by atoms with Crippen LogP contribution >= 0.6 is 0 Å². The van der Waals surface area contributed by atoms with Crippen LogP contribution in [-0.2, 0) is 15.1 Å². The van der Waals surface area contributed by atoms with Gasteiger partial charge in [-0.15, -0.1) is 11.5 Å². The summed E-state index contributed by atoms with van der Waals surface area (Å²) in [4.78, 5) is 15.1. The van der Waals surface area contributed by atoms with Gasteiger partial charge in [0, 0.05) is 11.1 Å². The molecule has 0 saturated heterocycles. The molecule has 0 spiro atoms. The Labute approximate surface area is 140 Å². The summed E-state index contributed by atoms with van der Waals surface area (Å²) in [5.41, 5.74) is 19.4. The minimum atomic E-state index is -1.30. The van der Waals surface area contributed by atoms with E-state index in [4.69, 9.17) is 20.9 Å². The molecule has 6 heteroatoms. The summed E-state index contributed by atoms with van der Waals surface area (Å²) in [6.45, 7) is 2.69. The Morgan fingerprint density at radius 2 is 1.79 bits per heavy atom. The molecule has 8 radical (unpaired) electrons. The van der Waals surface area contributed by atoms with Gasteiger partial charge in [0.15, 0.2) is 12.2 Å². The van der Waals surface area contributed by atoms with Gasteiger partial charge < -0.3 is 9.47 Å². The van der Waals surface area contributed by atoms with E-state index in [0.717, 1.165) is 16.7 Å². The highest BCUT2D eigenvalue weighted by molar-refractivity contribution is 6.02. The molecule has 3 rings (SSSR count). The van der Waals surface area contributed by atoms with Crippen molar-refractivity contribution < 1.29 is 14.3 Å². The van der Waals surface area contributed by atoms with E-state index in [2.05, 4.69) is 25.8 Å². The van der Waals surface area contributed by atoms with Crippen LogP contribution in [0, 0.1) is 20.8 Å². The second-order valence-corrected chi connectivity index (χ2v) is 5.09. The molecule has 1 aliphatic carbocycles. The van der Waals surface area contributed by atoms with Gasteiger partial charge in [-0.1, -0.05) is 30.3 Å². The lowest BCUT2D eigenvalue weighted by molar-refractivity contribution is 0.0370. The van der Waals surface area contributed by atoms with Crippen molar-refractivity contribution in [3.05, 3.63) is 80.0 Å². The summed E-state index contributed by atoms with van der Waals surface area (Å²) in [6.07, 6.45) is 0. The molecular weight excluding hydrogens is 306 g/mol. The maximum atomic E-state index is 12.0. The number of ether oxygens (including phenoxy) is 2. The number of amides is 1. The third-order valence-electron chi connectivity index (χ3n) is 3.88. The van der Waals surface area contributed by atoms with Gasteiger partial charge in [-0.3, -0.25) is 4.79 Å². The first-order valence-electron chi connectivity index (χ1n) is 6.90. The zero-order valence-corrected chi connectivity index (χ0v) is 12.5. The second kappa shape index (κ2) is 6.07. The summed E-state index contributed by atoms with van der Waals surface area (Å²) in [5, 5.41) is 0. The molecule has 1 aliphatic rings. The molecule has 0 saturated carbocycles. The lowest BCUT2D eigenvalue weighted by atomic mass is 9.91. The number of benzene rings is 2. The first kappa shape index (κ1) is 16.2. The van der Waals surface area contributed by atoms with Gasteiger partial charge in [-0.25, -0.2) is 0 Å². The largest absolute Gasteiger partial charge is 0.362 e. The standard InChI is InChI=1S/C18H11N3O3/c1-23-10-18(24-2)14-6-4-3-5-12(14)13-8-7-11(9-15(13)18)16(22)21-17(19)20/h3-9H,1-2H2. The van der Waals surface area contributed by atoms with Crippen LogP contribution in [0.2, 0.25) is 0 Å². The predicted octanol–water partition coefficient (Wildman–Crippen LogP) is 2.20. The average Bonchev–Trinajstić information content (AvgIpc) is 2.85. The van der Waals surface area contributed by atoms with E-state index in [0.29, 0.717) is 5.56 Å². The monoisotopic (exact) mass is 317 g/mol. The molecule has 2 aromatic carbocycles. The summed E-state index contributed by atoms with van der Waals surface area (Å²) in [7, 11) is 6.83. The summed E-state index contributed by atoms with van der Waals surface area (Å²) >= 11 is 0. The number of carbonyl (C=O) groups excluding carboxylic acids is 1. The smallest absolute Gasteiger partial charge is 0.291 e. The predicted molar refractivity (Wildman–Crippen MR) is 84.8 cm³/mol. The van der Waals surface area contributed by atoms with E-state index in [1.807, 2.05) is 24.3 Å². The average molecular weight is 317 g/mol. The van der Waals surface area contributed by atoms with Crippen LogP contribution in [0.25, 0.3) is 11.1 Å². The molecule has 1 amide bonds. The highest BCUT2D eigenvalue weighted by Crippen LogP contribution is 2.51. The molecule has 116 valence electrons. The maximum absolute atomic E-state index is 12.0. The molecule has 1 unspecified atom stereocenters. The van der Waals surface area contributed by atoms with E-state index >= 15 is 0 Å². The summed E-state index contributed by atoms with van der Waals surface area (Å²) in [6, 6.07) is 12.2. The van der Waals surface area contributed by atoms with Gasteiger partial charge in [-0.05, 0) is 28.8 Å². The maximum Gasteiger partial charge on any atom is 0.291 e. The number of nitrogens with zero attached hydrogens (tertiary/aromatic N) is 3. The van der Waals surface area contributed by atoms with Crippen LogP contribution in [0.5, 0.6) is 0 Å². The molecule has 0 heterocycles. The number of hydrogen-bond acceptors (Lipinski definition) is 3. The van der Waals surface area contributed by atoms with Gasteiger partial charge >= 0.3 is 0 Å². The molecule has 0 N–H and O–H groups in total. The molecular formula is C18H11N3O3. The Morgan fingerprint density at radius 1 is 1.08 bits per heavy atom. The van der Waals surface area contributed by atoms with Crippen LogP contribution < -0.4 is 11.5 Å². The number of fused-ring (bicyclic) bond motifs is 3. The molecule has 0 bridgehead atoms. The highest BCUT2D eigenvalue weighted by Gasteiger charge is 2.45. The van der Waals surface area contributed by atoms with Gasteiger partial charge in [-0.2, -0.15) is 4.99 Å². The topological polar surface area (TPSA) is 92.5 Å². The van der Waals surface area contributed by atoms with Crippen LogP contribution in [0.4, 0.5) is 0 Å². The van der Waals surface area contributed by atoms with Crippen molar-refractivity contribution >= 4 is 11.9 Å². The first-order valence-corrected chi connectivity index (χ1v) is 6.90. The Kier molecular flexibility index (Phi) is 4.09. The van der Waals surface area contributed by atoms with E-state index in [1.54, 1.807) is 6.07 Å². The van der Waals surface area contributed by atoms with Crippen molar-refractivity contribution in [1.82, 2.24) is 11.5 Å². The number of rotatable bonds is 4. The highest BCUT2D eigenvalue weighted by atomic mass is 16.5. The van der Waals surface area contributed by atoms with Gasteiger partial charge in [0.1, 0.15) is 0 Å². The second-order valence-electron chi connectivity index (χ2n) is 5.09. The third-order valence-corrected chi connectivity index (χ3v) is 3.88. The number of guanidine groups is 1. The number of carbonyl (C=O) groups is 1. The minimum Gasteiger partial charge on any atom is -0.362 e. The van der Waals surface area contributed by atoms with Gasteiger partial charge in [0.05, 0.1) is 14.2 Å². The SMILES string of the molecule is [CH2]O[C]C1(O[CH2])c2ccccc2-c2ccc(C(=O)N=C([N])[N])cc21. The van der Waals surface area contributed by atoms with E-state index in [9.17, 15) is 4.79 Å². The van der Waals surface area contributed by atoms with Crippen molar-refractivity contribution in [2.75, 3.05) is 0 Å². The Bertz CT molecular complexity index is 828. The van der Waals surface area contributed by atoms with E-state index in [1.165, 1.54) is 12.1 Å². The van der Waals surface area contributed by atoms with Gasteiger partial charge in [0.2, 0.25) is 0 Å². The zero-order chi connectivity index (χ0) is 17.3.